The lowest BCUT2D eigenvalue weighted by Gasteiger charge is -2.19. The zero-order valence-electron chi connectivity index (χ0n) is 8.60. The SMILES string of the molecule is Nc1ccccc1N(Cl)c1ccccc1N. The van der Waals surface area contributed by atoms with Gasteiger partial charge in [-0.2, -0.15) is 0 Å². The van der Waals surface area contributed by atoms with E-state index in [9.17, 15) is 0 Å². The molecule has 2 aromatic rings. The maximum atomic E-state index is 6.22. The first-order chi connectivity index (χ1) is 7.70. The summed E-state index contributed by atoms with van der Waals surface area (Å²) in [7, 11) is 0. The van der Waals surface area contributed by atoms with Gasteiger partial charge in [0, 0.05) is 11.8 Å². The zero-order valence-corrected chi connectivity index (χ0v) is 9.35. The molecule has 0 bridgehead atoms. The number of hydrogen-bond acceptors (Lipinski definition) is 3. The van der Waals surface area contributed by atoms with Crippen molar-refractivity contribution in [1.29, 1.82) is 0 Å². The van der Waals surface area contributed by atoms with E-state index in [1.54, 1.807) is 12.1 Å². The van der Waals surface area contributed by atoms with Crippen molar-refractivity contribution in [2.45, 2.75) is 0 Å². The van der Waals surface area contributed by atoms with Gasteiger partial charge >= 0.3 is 0 Å². The Balaban J connectivity index is 2.44. The number of nitrogen functional groups attached to an aromatic ring is 2. The number of rotatable bonds is 2. The van der Waals surface area contributed by atoms with Gasteiger partial charge in [0.05, 0.1) is 22.7 Å². The summed E-state index contributed by atoms with van der Waals surface area (Å²) in [6, 6.07) is 14.7. The predicted molar refractivity (Wildman–Crippen MR) is 69.7 cm³/mol. The van der Waals surface area contributed by atoms with Crippen LogP contribution in [0.25, 0.3) is 0 Å². The van der Waals surface area contributed by atoms with Crippen LogP contribution >= 0.6 is 11.8 Å². The van der Waals surface area contributed by atoms with Crippen molar-refractivity contribution in [2.75, 3.05) is 15.9 Å². The van der Waals surface area contributed by atoms with Crippen molar-refractivity contribution >= 4 is 34.5 Å². The predicted octanol–water partition coefficient (Wildman–Crippen LogP) is 3.14. The van der Waals surface area contributed by atoms with Gasteiger partial charge in [-0.25, -0.2) is 4.42 Å². The third kappa shape index (κ3) is 1.90. The smallest absolute Gasteiger partial charge is 0.0811 e. The second kappa shape index (κ2) is 4.33. The molecule has 2 rings (SSSR count). The highest BCUT2D eigenvalue weighted by molar-refractivity contribution is 6.31. The van der Waals surface area contributed by atoms with E-state index < -0.39 is 0 Å². The highest BCUT2D eigenvalue weighted by atomic mass is 35.5. The highest BCUT2D eigenvalue weighted by Gasteiger charge is 2.11. The lowest BCUT2D eigenvalue weighted by Crippen LogP contribution is -2.07. The Morgan fingerprint density at radius 3 is 1.50 bits per heavy atom. The van der Waals surface area contributed by atoms with Gasteiger partial charge in [0.25, 0.3) is 0 Å². The van der Waals surface area contributed by atoms with Crippen LogP contribution in [0.1, 0.15) is 0 Å². The Morgan fingerprint density at radius 2 is 1.12 bits per heavy atom. The molecule has 4 heteroatoms. The van der Waals surface area contributed by atoms with Gasteiger partial charge in [-0.05, 0) is 24.3 Å². The Hall–Kier alpha value is -1.87. The molecule has 2 aromatic carbocycles. The van der Waals surface area contributed by atoms with E-state index in [4.69, 9.17) is 23.2 Å². The van der Waals surface area contributed by atoms with Crippen LogP contribution in [0.15, 0.2) is 48.5 Å². The monoisotopic (exact) mass is 233 g/mol. The molecule has 0 aliphatic carbocycles. The molecule has 0 aliphatic heterocycles. The van der Waals surface area contributed by atoms with E-state index >= 15 is 0 Å². The maximum absolute atomic E-state index is 6.22. The topological polar surface area (TPSA) is 55.3 Å². The fourth-order valence-electron chi connectivity index (χ4n) is 1.46. The second-order valence-corrected chi connectivity index (χ2v) is 3.74. The number of benzene rings is 2. The molecule has 0 unspecified atom stereocenters. The molecule has 0 amide bonds. The largest absolute Gasteiger partial charge is 0.397 e. The van der Waals surface area contributed by atoms with Crippen molar-refractivity contribution in [3.63, 3.8) is 0 Å². The van der Waals surface area contributed by atoms with Crippen LogP contribution in [-0.2, 0) is 0 Å². The average Bonchev–Trinajstić information content (AvgIpc) is 2.29. The van der Waals surface area contributed by atoms with Crippen LogP contribution in [0.3, 0.4) is 0 Å². The van der Waals surface area contributed by atoms with Crippen molar-refractivity contribution < 1.29 is 0 Å². The van der Waals surface area contributed by atoms with E-state index in [0.29, 0.717) is 11.4 Å². The molecule has 4 N–H and O–H groups in total. The quantitative estimate of drug-likeness (QED) is 0.619. The molecule has 16 heavy (non-hydrogen) atoms. The number of anilines is 4. The third-order valence-electron chi connectivity index (χ3n) is 2.30. The minimum absolute atomic E-state index is 0.612. The lowest BCUT2D eigenvalue weighted by atomic mass is 10.2. The molecule has 0 saturated heterocycles. The van der Waals surface area contributed by atoms with Crippen LogP contribution in [0.2, 0.25) is 0 Å². The summed E-state index contributed by atoms with van der Waals surface area (Å²) >= 11 is 6.22. The number of hydrogen-bond donors (Lipinski definition) is 2. The van der Waals surface area contributed by atoms with E-state index in [1.165, 1.54) is 4.42 Å². The third-order valence-corrected chi connectivity index (χ3v) is 2.66. The van der Waals surface area contributed by atoms with E-state index in [1.807, 2.05) is 36.4 Å². The minimum atomic E-state index is 0.612. The van der Waals surface area contributed by atoms with Crippen LogP contribution in [0.5, 0.6) is 0 Å². The summed E-state index contributed by atoms with van der Waals surface area (Å²) in [6.07, 6.45) is 0. The van der Waals surface area contributed by atoms with Crippen molar-refractivity contribution in [2.24, 2.45) is 0 Å². The van der Waals surface area contributed by atoms with Crippen LogP contribution in [0, 0.1) is 0 Å². The molecule has 0 saturated carbocycles. The molecule has 3 nitrogen and oxygen atoms in total. The average molecular weight is 234 g/mol. The van der Waals surface area contributed by atoms with Crippen molar-refractivity contribution in [1.82, 2.24) is 0 Å². The van der Waals surface area contributed by atoms with Gasteiger partial charge in [-0.1, -0.05) is 24.3 Å². The number of halogens is 1. The van der Waals surface area contributed by atoms with Crippen LogP contribution in [0.4, 0.5) is 22.7 Å². The molecule has 82 valence electrons. The molecule has 0 aliphatic rings. The van der Waals surface area contributed by atoms with Crippen LogP contribution in [-0.4, -0.2) is 0 Å². The lowest BCUT2D eigenvalue weighted by molar-refractivity contribution is 1.42. The first-order valence-electron chi connectivity index (χ1n) is 4.85. The number of nitrogens with two attached hydrogens (primary N) is 2. The van der Waals surface area contributed by atoms with E-state index in [0.717, 1.165) is 11.4 Å². The fourth-order valence-corrected chi connectivity index (χ4v) is 1.77. The summed E-state index contributed by atoms with van der Waals surface area (Å²) in [5.41, 5.74) is 14.4. The summed E-state index contributed by atoms with van der Waals surface area (Å²) in [5.74, 6) is 0. The first kappa shape index (κ1) is 10.6. The Bertz CT molecular complexity index is 454. The van der Waals surface area contributed by atoms with Gasteiger partial charge < -0.3 is 11.5 Å². The van der Waals surface area contributed by atoms with Gasteiger partial charge in [-0.3, -0.25) is 0 Å². The maximum Gasteiger partial charge on any atom is 0.0811 e. The number of para-hydroxylation sites is 4. The standard InChI is InChI=1S/C12H12ClN3/c13-16(11-7-3-1-5-9(11)14)12-8-4-2-6-10(12)15/h1-8H,14-15H2. The zero-order chi connectivity index (χ0) is 11.5. The van der Waals surface area contributed by atoms with Gasteiger partial charge in [0.15, 0.2) is 0 Å². The first-order valence-corrected chi connectivity index (χ1v) is 5.19. The minimum Gasteiger partial charge on any atom is -0.397 e. The van der Waals surface area contributed by atoms with E-state index in [-0.39, 0.29) is 0 Å². The Morgan fingerprint density at radius 1 is 0.750 bits per heavy atom. The number of nitrogens with zero attached hydrogens (tertiary/aromatic N) is 1. The molecule has 0 spiro atoms. The highest BCUT2D eigenvalue weighted by Crippen LogP contribution is 2.35. The summed E-state index contributed by atoms with van der Waals surface area (Å²) in [6.45, 7) is 0. The molecule has 0 atom stereocenters. The molecular weight excluding hydrogens is 222 g/mol. The molecular formula is C12H12ClN3. The van der Waals surface area contributed by atoms with Gasteiger partial charge in [-0.15, -0.1) is 0 Å². The van der Waals surface area contributed by atoms with E-state index in [2.05, 4.69) is 0 Å². The molecule has 0 radical (unpaired) electrons. The Kier molecular flexibility index (Phi) is 2.88. The summed E-state index contributed by atoms with van der Waals surface area (Å²) < 4.78 is 1.46. The van der Waals surface area contributed by atoms with Crippen LogP contribution < -0.4 is 15.9 Å². The fraction of sp³-hybridized carbons (Fsp3) is 0. The summed E-state index contributed by atoms with van der Waals surface area (Å²) in [5, 5.41) is 0. The molecule has 0 fully saturated rings. The van der Waals surface area contributed by atoms with Gasteiger partial charge in [0.1, 0.15) is 0 Å². The van der Waals surface area contributed by atoms with Crippen molar-refractivity contribution in [3.8, 4) is 0 Å². The summed E-state index contributed by atoms with van der Waals surface area (Å²) in [4.78, 5) is 0. The molecule has 0 heterocycles. The second-order valence-electron chi connectivity index (χ2n) is 3.40. The molecule has 0 aromatic heterocycles. The normalized spacial score (nSPS) is 10.1. The van der Waals surface area contributed by atoms with Crippen molar-refractivity contribution in [3.05, 3.63) is 48.5 Å². The van der Waals surface area contributed by atoms with Gasteiger partial charge in [0.2, 0.25) is 0 Å². The Labute approximate surface area is 99.3 Å².